The number of carbonyl (C=O) groups excluding carboxylic acids is 3. The fraction of sp³-hybridized carbons (Fsp3) is 0.593. The molecule has 0 saturated carbocycles. The number of allylic oxidation sites excluding steroid dienone is 2. The van der Waals surface area contributed by atoms with E-state index in [9.17, 15) is 14.4 Å². The molecule has 34 heavy (non-hydrogen) atoms. The molecular formula is C27H44O7. The van der Waals surface area contributed by atoms with Crippen LogP contribution in [0.1, 0.15) is 60.8 Å². The van der Waals surface area contributed by atoms with Crippen molar-refractivity contribution in [2.45, 2.75) is 66.9 Å². The Kier molecular flexibility index (Phi) is 19.5. The molecule has 1 heterocycles. The molecule has 0 amide bonds. The van der Waals surface area contributed by atoms with Crippen LogP contribution in [0.4, 0.5) is 0 Å². The first-order valence-corrected chi connectivity index (χ1v) is 11.5. The first-order valence-electron chi connectivity index (χ1n) is 11.5. The minimum Gasteiger partial charge on any atom is -0.465 e. The molecule has 1 aliphatic heterocycles. The minimum absolute atomic E-state index is 0.0986. The standard InChI is InChI=1S/C15H26O4.C7H10O3.C5H8/c1-11(2)6-8-18-14(16)10-13(5)15(17)19-9-7-12(3)4;1-5(2)7(8)10-4-6-3-9-6;1-4-5(2)3/h11-12H,5-10H2,1-4H3;6H,1,3-4H2,2H3;4H,1-2H2,3H3. The Balaban J connectivity index is 0. The molecule has 194 valence electrons. The van der Waals surface area contributed by atoms with E-state index in [2.05, 4.69) is 54.0 Å². The largest absolute Gasteiger partial charge is 0.465 e. The molecule has 0 bridgehead atoms. The Morgan fingerprint density at radius 2 is 1.38 bits per heavy atom. The molecule has 0 aromatic heterocycles. The van der Waals surface area contributed by atoms with Gasteiger partial charge in [-0.05, 0) is 38.5 Å². The molecule has 0 spiro atoms. The second-order valence-electron chi connectivity index (χ2n) is 8.89. The lowest BCUT2D eigenvalue weighted by Gasteiger charge is -2.09. The van der Waals surface area contributed by atoms with E-state index in [0.717, 1.165) is 18.4 Å². The summed E-state index contributed by atoms with van der Waals surface area (Å²) in [5, 5.41) is 0. The molecule has 0 aromatic rings. The van der Waals surface area contributed by atoms with Crippen molar-refractivity contribution in [2.75, 3.05) is 26.4 Å². The second kappa shape index (κ2) is 19.8. The van der Waals surface area contributed by atoms with Crippen LogP contribution in [-0.2, 0) is 33.3 Å². The van der Waals surface area contributed by atoms with Crippen LogP contribution in [0.5, 0.6) is 0 Å². The molecule has 1 rings (SSSR count). The Morgan fingerprint density at radius 1 is 0.912 bits per heavy atom. The number of carbonyl (C=O) groups is 3. The maximum Gasteiger partial charge on any atom is 0.333 e. The van der Waals surface area contributed by atoms with E-state index >= 15 is 0 Å². The first kappa shape index (κ1) is 33.5. The summed E-state index contributed by atoms with van der Waals surface area (Å²) < 4.78 is 19.6. The topological polar surface area (TPSA) is 91.4 Å². The maximum absolute atomic E-state index is 11.5. The quantitative estimate of drug-likeness (QED) is 0.115. The molecular weight excluding hydrogens is 436 g/mol. The zero-order chi connectivity index (χ0) is 26.7. The molecule has 0 N–H and O–H groups in total. The molecule has 1 atom stereocenters. The van der Waals surface area contributed by atoms with Crippen LogP contribution in [0.15, 0.2) is 49.1 Å². The van der Waals surface area contributed by atoms with Gasteiger partial charge in [0.05, 0.1) is 26.2 Å². The van der Waals surface area contributed by atoms with E-state index in [-0.39, 0.29) is 24.1 Å². The highest BCUT2D eigenvalue weighted by Gasteiger charge is 2.24. The summed E-state index contributed by atoms with van der Waals surface area (Å²) >= 11 is 0. The van der Waals surface area contributed by atoms with E-state index < -0.39 is 11.9 Å². The minimum atomic E-state index is -0.513. The highest BCUT2D eigenvalue weighted by molar-refractivity contribution is 5.93. The van der Waals surface area contributed by atoms with Crippen LogP contribution in [0.2, 0.25) is 0 Å². The van der Waals surface area contributed by atoms with Crippen molar-refractivity contribution in [3.05, 3.63) is 49.1 Å². The van der Waals surface area contributed by atoms with Crippen LogP contribution >= 0.6 is 0 Å². The van der Waals surface area contributed by atoms with Crippen molar-refractivity contribution < 1.29 is 33.3 Å². The highest BCUT2D eigenvalue weighted by Crippen LogP contribution is 2.09. The van der Waals surface area contributed by atoms with Gasteiger partial charge in [-0.3, -0.25) is 4.79 Å². The van der Waals surface area contributed by atoms with E-state index in [4.69, 9.17) is 18.9 Å². The fourth-order valence-electron chi connectivity index (χ4n) is 1.65. The zero-order valence-corrected chi connectivity index (χ0v) is 21.9. The molecule has 7 nitrogen and oxygen atoms in total. The van der Waals surface area contributed by atoms with Gasteiger partial charge in [-0.2, -0.15) is 0 Å². The SMILES string of the molecule is C=C(C)C(=O)OCC1CO1.C=C(CC(=O)OCCC(C)C)C(=O)OCCC(C)C.C=CC(=C)C. The van der Waals surface area contributed by atoms with Gasteiger partial charge in [-0.1, -0.05) is 65.7 Å². The third-order valence-corrected chi connectivity index (χ3v) is 4.03. The lowest BCUT2D eigenvalue weighted by atomic mass is 10.1. The van der Waals surface area contributed by atoms with Gasteiger partial charge in [-0.15, -0.1) is 0 Å². The van der Waals surface area contributed by atoms with Gasteiger partial charge in [0, 0.05) is 11.1 Å². The number of ether oxygens (including phenoxy) is 4. The number of esters is 3. The Labute approximate surface area is 205 Å². The molecule has 1 saturated heterocycles. The summed E-state index contributed by atoms with van der Waals surface area (Å²) in [6.45, 7) is 27.6. The number of rotatable bonds is 13. The molecule has 1 fully saturated rings. The summed E-state index contributed by atoms with van der Waals surface area (Å²) in [6, 6.07) is 0. The van der Waals surface area contributed by atoms with Crippen LogP contribution in [0.3, 0.4) is 0 Å². The van der Waals surface area contributed by atoms with Gasteiger partial charge in [0.25, 0.3) is 0 Å². The summed E-state index contributed by atoms with van der Waals surface area (Å²) in [7, 11) is 0. The predicted octanol–water partition coefficient (Wildman–Crippen LogP) is 5.36. The molecule has 0 aliphatic carbocycles. The van der Waals surface area contributed by atoms with Gasteiger partial charge in [0.1, 0.15) is 12.7 Å². The van der Waals surface area contributed by atoms with Gasteiger partial charge >= 0.3 is 17.9 Å². The van der Waals surface area contributed by atoms with Gasteiger partial charge in [0.2, 0.25) is 0 Å². The van der Waals surface area contributed by atoms with Crippen molar-refractivity contribution in [3.8, 4) is 0 Å². The Morgan fingerprint density at radius 3 is 1.76 bits per heavy atom. The van der Waals surface area contributed by atoms with Gasteiger partial charge in [0.15, 0.2) is 0 Å². The maximum atomic E-state index is 11.5. The monoisotopic (exact) mass is 480 g/mol. The van der Waals surface area contributed by atoms with E-state index in [1.807, 2.05) is 6.92 Å². The van der Waals surface area contributed by atoms with Crippen LogP contribution in [-0.4, -0.2) is 50.4 Å². The molecule has 0 radical (unpaired) electrons. The summed E-state index contributed by atoms with van der Waals surface area (Å²) in [5.74, 6) is -0.317. The third-order valence-electron chi connectivity index (χ3n) is 4.03. The van der Waals surface area contributed by atoms with Crippen molar-refractivity contribution in [3.63, 3.8) is 0 Å². The second-order valence-corrected chi connectivity index (χ2v) is 8.89. The lowest BCUT2D eigenvalue weighted by Crippen LogP contribution is -2.15. The van der Waals surface area contributed by atoms with Crippen LogP contribution in [0, 0.1) is 11.8 Å². The zero-order valence-electron chi connectivity index (χ0n) is 21.9. The van der Waals surface area contributed by atoms with Crippen LogP contribution < -0.4 is 0 Å². The average molecular weight is 481 g/mol. The van der Waals surface area contributed by atoms with Crippen molar-refractivity contribution in [1.29, 1.82) is 0 Å². The Bertz CT molecular complexity index is 685. The van der Waals surface area contributed by atoms with E-state index in [1.165, 1.54) is 0 Å². The fourth-order valence-corrected chi connectivity index (χ4v) is 1.65. The normalized spacial score (nSPS) is 13.4. The molecule has 1 unspecified atom stereocenters. The lowest BCUT2D eigenvalue weighted by molar-refractivity contribution is -0.146. The van der Waals surface area contributed by atoms with Gasteiger partial charge < -0.3 is 18.9 Å². The average Bonchev–Trinajstić information content (AvgIpc) is 3.56. The van der Waals surface area contributed by atoms with Crippen molar-refractivity contribution in [2.24, 2.45) is 11.8 Å². The Hall–Kier alpha value is -2.67. The van der Waals surface area contributed by atoms with Gasteiger partial charge in [-0.25, -0.2) is 9.59 Å². The van der Waals surface area contributed by atoms with Crippen molar-refractivity contribution >= 4 is 17.9 Å². The summed E-state index contributed by atoms with van der Waals surface area (Å²) in [5.41, 5.74) is 1.60. The summed E-state index contributed by atoms with van der Waals surface area (Å²) in [4.78, 5) is 33.6. The highest BCUT2D eigenvalue weighted by atomic mass is 16.6. The number of epoxide rings is 1. The summed E-state index contributed by atoms with van der Waals surface area (Å²) in [6.07, 6.45) is 3.39. The molecule has 0 aromatic carbocycles. The molecule has 1 aliphatic rings. The third kappa shape index (κ3) is 24.0. The molecule has 7 heteroatoms. The smallest absolute Gasteiger partial charge is 0.333 e. The first-order chi connectivity index (χ1) is 15.8. The number of hydrogen-bond acceptors (Lipinski definition) is 7. The predicted molar refractivity (Wildman–Crippen MR) is 135 cm³/mol. The van der Waals surface area contributed by atoms with Crippen molar-refractivity contribution in [1.82, 2.24) is 0 Å². The number of hydrogen-bond donors (Lipinski definition) is 0. The van der Waals surface area contributed by atoms with E-state index in [1.54, 1.807) is 13.0 Å². The van der Waals surface area contributed by atoms with E-state index in [0.29, 0.717) is 43.8 Å². The van der Waals surface area contributed by atoms with Crippen LogP contribution in [0.25, 0.3) is 0 Å².